The number of hydroxylamine groups is 1. The van der Waals surface area contributed by atoms with Crippen LogP contribution in [0.2, 0.25) is 0 Å². The van der Waals surface area contributed by atoms with Crippen LogP contribution < -0.4 is 16.1 Å². The number of carbonyl (C=O) groups is 4. The van der Waals surface area contributed by atoms with Gasteiger partial charge in [-0.1, -0.05) is 44.2 Å². The third kappa shape index (κ3) is 8.73. The van der Waals surface area contributed by atoms with Gasteiger partial charge in [-0.15, -0.1) is 0 Å². The molecule has 0 aliphatic rings. The van der Waals surface area contributed by atoms with E-state index in [2.05, 4.69) is 10.6 Å². The second-order valence-corrected chi connectivity index (χ2v) is 7.38. The Morgan fingerprint density at radius 3 is 2.10 bits per heavy atom. The molecule has 3 amide bonds. The lowest BCUT2D eigenvalue weighted by Gasteiger charge is -2.22. The number of hydrogen-bond acceptors (Lipinski definition) is 5. The summed E-state index contributed by atoms with van der Waals surface area (Å²) < 4.78 is 0. The molecule has 0 saturated carbocycles. The van der Waals surface area contributed by atoms with Crippen molar-refractivity contribution >= 4 is 23.7 Å². The molecule has 5 N–H and O–H groups in total. The van der Waals surface area contributed by atoms with Crippen LogP contribution in [0.3, 0.4) is 0 Å². The molecule has 29 heavy (non-hydrogen) atoms. The van der Waals surface area contributed by atoms with Gasteiger partial charge in [0.25, 0.3) is 0 Å². The summed E-state index contributed by atoms with van der Waals surface area (Å²) in [6, 6.07) is 6.98. The molecule has 9 heteroatoms. The highest BCUT2D eigenvalue weighted by Crippen LogP contribution is 2.13. The Labute approximate surface area is 169 Å². The van der Waals surface area contributed by atoms with E-state index in [4.69, 9.17) is 5.21 Å². The van der Waals surface area contributed by atoms with Gasteiger partial charge >= 0.3 is 5.97 Å². The van der Waals surface area contributed by atoms with Gasteiger partial charge < -0.3 is 15.7 Å². The van der Waals surface area contributed by atoms with Crippen LogP contribution >= 0.6 is 0 Å². The quantitative estimate of drug-likeness (QED) is 0.272. The SMILES string of the molecule is CC(C)C[C@H](NC(=O)[C@H](C)NC(=O)[C@@H](CC(=O)NO)Cc1ccccc1)C(=O)O. The number of benzene rings is 1. The molecule has 0 spiro atoms. The zero-order chi connectivity index (χ0) is 22.0. The van der Waals surface area contributed by atoms with E-state index >= 15 is 0 Å². The number of nitrogens with one attached hydrogen (secondary N) is 3. The molecule has 9 nitrogen and oxygen atoms in total. The van der Waals surface area contributed by atoms with Gasteiger partial charge in [-0.25, -0.2) is 10.3 Å². The lowest BCUT2D eigenvalue weighted by atomic mass is 9.94. The van der Waals surface area contributed by atoms with Crippen molar-refractivity contribution in [1.29, 1.82) is 0 Å². The van der Waals surface area contributed by atoms with Crippen LogP contribution in [0.25, 0.3) is 0 Å². The molecule has 0 fully saturated rings. The van der Waals surface area contributed by atoms with Gasteiger partial charge in [0.1, 0.15) is 12.1 Å². The standard InChI is InChI=1S/C20H29N3O6/c1-12(2)9-16(20(27)28)22-18(25)13(3)21-19(26)15(11-17(24)23-29)10-14-7-5-4-6-8-14/h4-8,12-13,15-16,29H,9-11H2,1-3H3,(H,21,26)(H,22,25)(H,23,24)(H,27,28)/t13-,15+,16-/m0/s1. The Kier molecular flexibility index (Phi) is 9.81. The maximum absolute atomic E-state index is 12.6. The first-order valence-corrected chi connectivity index (χ1v) is 9.44. The van der Waals surface area contributed by atoms with Crippen molar-refractivity contribution in [2.24, 2.45) is 11.8 Å². The highest BCUT2D eigenvalue weighted by Gasteiger charge is 2.28. The molecule has 3 atom stereocenters. The van der Waals surface area contributed by atoms with Gasteiger partial charge in [-0.3, -0.25) is 19.6 Å². The van der Waals surface area contributed by atoms with Crippen LogP contribution in [0.5, 0.6) is 0 Å². The lowest BCUT2D eigenvalue weighted by molar-refractivity contribution is -0.142. The summed E-state index contributed by atoms with van der Waals surface area (Å²) in [4.78, 5) is 47.9. The molecule has 1 aromatic rings. The second kappa shape index (κ2) is 11.8. The van der Waals surface area contributed by atoms with E-state index < -0.39 is 41.7 Å². The first kappa shape index (κ1) is 24.1. The molecular formula is C20H29N3O6. The van der Waals surface area contributed by atoms with Crippen LogP contribution in [-0.2, 0) is 25.6 Å². The van der Waals surface area contributed by atoms with E-state index in [0.29, 0.717) is 0 Å². The highest BCUT2D eigenvalue weighted by atomic mass is 16.5. The van der Waals surface area contributed by atoms with E-state index in [-0.39, 0.29) is 25.2 Å². The maximum atomic E-state index is 12.6. The van der Waals surface area contributed by atoms with Crippen molar-refractivity contribution in [3.63, 3.8) is 0 Å². The molecule has 160 valence electrons. The number of carboxylic acid groups (broad SMARTS) is 1. The Morgan fingerprint density at radius 1 is 0.966 bits per heavy atom. The van der Waals surface area contributed by atoms with E-state index in [0.717, 1.165) is 5.56 Å². The van der Waals surface area contributed by atoms with Crippen LogP contribution in [0.4, 0.5) is 0 Å². The average molecular weight is 407 g/mol. The molecule has 0 unspecified atom stereocenters. The first-order chi connectivity index (χ1) is 13.6. The van der Waals surface area contributed by atoms with Crippen molar-refractivity contribution in [3.8, 4) is 0 Å². The number of carbonyl (C=O) groups excluding carboxylic acids is 3. The van der Waals surface area contributed by atoms with E-state index in [1.54, 1.807) is 24.3 Å². The van der Waals surface area contributed by atoms with Crippen molar-refractivity contribution in [2.75, 3.05) is 0 Å². The van der Waals surface area contributed by atoms with Crippen molar-refractivity contribution in [3.05, 3.63) is 35.9 Å². The topological polar surface area (TPSA) is 145 Å². The number of carboxylic acids is 1. The molecule has 0 saturated heterocycles. The molecule has 1 rings (SSSR count). The van der Waals surface area contributed by atoms with E-state index in [9.17, 15) is 24.3 Å². The third-order valence-corrected chi connectivity index (χ3v) is 4.33. The molecule has 0 aliphatic carbocycles. The van der Waals surface area contributed by atoms with E-state index in [1.165, 1.54) is 12.4 Å². The van der Waals surface area contributed by atoms with Crippen molar-refractivity contribution < 1.29 is 29.5 Å². The minimum absolute atomic E-state index is 0.0635. The Hall–Kier alpha value is -2.94. The maximum Gasteiger partial charge on any atom is 0.326 e. The molecule has 0 aliphatic heterocycles. The zero-order valence-corrected chi connectivity index (χ0v) is 16.8. The molecule has 0 aromatic heterocycles. The van der Waals surface area contributed by atoms with Crippen LogP contribution in [-0.4, -0.2) is 46.1 Å². The summed E-state index contributed by atoms with van der Waals surface area (Å²) in [5.74, 6) is -3.79. The van der Waals surface area contributed by atoms with Crippen LogP contribution in [0, 0.1) is 11.8 Å². The smallest absolute Gasteiger partial charge is 0.326 e. The number of rotatable bonds is 11. The molecule has 0 bridgehead atoms. The summed E-state index contributed by atoms with van der Waals surface area (Å²) in [7, 11) is 0. The predicted octanol–water partition coefficient (Wildman–Crippen LogP) is 0.861. The van der Waals surface area contributed by atoms with E-state index in [1.807, 2.05) is 19.9 Å². The number of amides is 3. The number of hydrogen-bond donors (Lipinski definition) is 5. The summed E-state index contributed by atoms with van der Waals surface area (Å²) in [6.45, 7) is 5.12. The fourth-order valence-corrected chi connectivity index (χ4v) is 2.81. The molecule has 1 aromatic carbocycles. The Balaban J connectivity index is 2.79. The van der Waals surface area contributed by atoms with Crippen LogP contribution in [0.15, 0.2) is 30.3 Å². The summed E-state index contributed by atoms with van der Waals surface area (Å²) >= 11 is 0. The summed E-state index contributed by atoms with van der Waals surface area (Å²) in [5.41, 5.74) is 2.32. The number of aliphatic carboxylic acids is 1. The van der Waals surface area contributed by atoms with Gasteiger partial charge in [-0.2, -0.15) is 0 Å². The summed E-state index contributed by atoms with van der Waals surface area (Å²) in [6.07, 6.45) is 0.227. The van der Waals surface area contributed by atoms with Crippen molar-refractivity contribution in [2.45, 2.75) is 52.1 Å². The second-order valence-electron chi connectivity index (χ2n) is 7.38. The summed E-state index contributed by atoms with van der Waals surface area (Å²) in [5, 5.41) is 23.0. The molecule has 0 heterocycles. The molecule has 0 radical (unpaired) electrons. The predicted molar refractivity (Wildman–Crippen MR) is 105 cm³/mol. The molecular weight excluding hydrogens is 378 g/mol. The fraction of sp³-hybridized carbons (Fsp3) is 0.500. The van der Waals surface area contributed by atoms with Crippen LogP contribution in [0.1, 0.15) is 39.2 Å². The fourth-order valence-electron chi connectivity index (χ4n) is 2.81. The minimum Gasteiger partial charge on any atom is -0.480 e. The monoisotopic (exact) mass is 407 g/mol. The van der Waals surface area contributed by atoms with Gasteiger partial charge in [0.2, 0.25) is 17.7 Å². The Bertz CT molecular complexity index is 707. The largest absolute Gasteiger partial charge is 0.480 e. The van der Waals surface area contributed by atoms with Crippen molar-refractivity contribution in [1.82, 2.24) is 16.1 Å². The third-order valence-electron chi connectivity index (χ3n) is 4.33. The Morgan fingerprint density at radius 2 is 1.59 bits per heavy atom. The first-order valence-electron chi connectivity index (χ1n) is 9.44. The normalized spacial score (nSPS) is 13.8. The minimum atomic E-state index is -1.15. The van der Waals surface area contributed by atoms with Gasteiger partial charge in [0.15, 0.2) is 0 Å². The van der Waals surface area contributed by atoms with Gasteiger partial charge in [0.05, 0.1) is 5.92 Å². The highest BCUT2D eigenvalue weighted by molar-refractivity contribution is 5.92. The zero-order valence-electron chi connectivity index (χ0n) is 16.8. The lowest BCUT2D eigenvalue weighted by Crippen LogP contribution is -2.52. The average Bonchev–Trinajstić information content (AvgIpc) is 2.66. The van der Waals surface area contributed by atoms with Gasteiger partial charge in [0, 0.05) is 6.42 Å². The van der Waals surface area contributed by atoms with Gasteiger partial charge in [-0.05, 0) is 31.2 Å².